The molecular weight excluding hydrogens is 547 g/mol. The first-order chi connectivity index (χ1) is 12.9. The Balaban J connectivity index is 0.00000480. The van der Waals surface area contributed by atoms with Crippen LogP contribution in [0, 0.1) is 0 Å². The van der Waals surface area contributed by atoms with Gasteiger partial charge in [0.15, 0.2) is 0 Å². The second-order valence-corrected chi connectivity index (χ2v) is 54.5. The zero-order chi connectivity index (χ0) is 23.7. The zero-order valence-electron chi connectivity index (χ0n) is 23.6. The topological polar surface area (TPSA) is 0 Å². The maximum Gasteiger partial charge on any atom is -0.147 e. The Hall–Kier alpha value is 1.34. The molecule has 2 aliphatic rings. The van der Waals surface area contributed by atoms with E-state index in [9.17, 15) is 0 Å². The summed E-state index contributed by atoms with van der Waals surface area (Å²) in [5.41, 5.74) is 0. The quantitative estimate of drug-likeness (QED) is 0.268. The van der Waals surface area contributed by atoms with E-state index in [4.69, 9.17) is 0 Å². The summed E-state index contributed by atoms with van der Waals surface area (Å²) in [4.78, 5) is 0. The van der Waals surface area contributed by atoms with Gasteiger partial charge >= 0.3 is 197 Å². The van der Waals surface area contributed by atoms with Crippen LogP contribution in [0.1, 0.15) is 12.8 Å². The minimum absolute atomic E-state index is 0. The monoisotopic (exact) mass is 598 g/mol. The van der Waals surface area contributed by atoms with E-state index in [1.807, 2.05) is 28.5 Å². The van der Waals surface area contributed by atoms with Gasteiger partial charge in [0.2, 0.25) is 0 Å². The number of hydrogen-bond donors (Lipinski definition) is 0. The van der Waals surface area contributed by atoms with Crippen LogP contribution < -0.4 is 0 Å². The molecule has 0 saturated carbocycles. The molecule has 2 aliphatic carbocycles. The van der Waals surface area contributed by atoms with Gasteiger partial charge in [0.05, 0.1) is 0 Å². The largest absolute Gasteiger partial charge is 0.147 e. The van der Waals surface area contributed by atoms with Crippen molar-refractivity contribution in [2.45, 2.75) is 102 Å². The maximum absolute atomic E-state index is 3.00. The predicted octanol–water partition coefficient (Wildman–Crippen LogP) is 8.84. The number of halogens is 2. The van der Waals surface area contributed by atoms with Crippen molar-refractivity contribution in [2.24, 2.45) is 0 Å². The zero-order valence-corrected chi connectivity index (χ0v) is 32.2. The van der Waals surface area contributed by atoms with Gasteiger partial charge in [-0.3, -0.25) is 0 Å². The average molecular weight is 600 g/mol. The molecule has 0 fully saturated rings. The van der Waals surface area contributed by atoms with Crippen molar-refractivity contribution in [3.63, 3.8) is 0 Å². The maximum atomic E-state index is 2.79. The fourth-order valence-electron chi connectivity index (χ4n) is 5.11. The molecule has 0 aliphatic heterocycles. The molecule has 0 atom stereocenters. The predicted molar refractivity (Wildman–Crippen MR) is 168 cm³/mol. The van der Waals surface area contributed by atoms with E-state index < -0.39 is 46.3 Å². The molecule has 0 spiro atoms. The first kappa shape index (κ1) is 33.3. The minimum atomic E-state index is -3.00. The van der Waals surface area contributed by atoms with Crippen molar-refractivity contribution < 1.29 is 14.0 Å². The molecule has 0 aromatic rings. The van der Waals surface area contributed by atoms with Crippen LogP contribution in [0.3, 0.4) is 0 Å². The SMILES string of the molecule is C[Si](C)(C)C1=CC([Si](C)(C)C)=[C]([Ti]([CH3])([CH3])(=[SiH2])[C]2=C([Si](C)(C)C)C=C([Si](C)(C)C)C2)C1.Cl.Cl. The second kappa shape index (κ2) is 9.66. The van der Waals surface area contributed by atoms with E-state index in [-0.39, 0.29) is 24.8 Å². The molecule has 2 rings (SSSR count). The van der Waals surface area contributed by atoms with Crippen LogP contribution in [0.2, 0.25) is 89.0 Å². The molecule has 8 heteroatoms. The summed E-state index contributed by atoms with van der Waals surface area (Å²) < 4.78 is 3.94. The van der Waals surface area contributed by atoms with Crippen LogP contribution in [0.4, 0.5) is 0 Å². The van der Waals surface area contributed by atoms with Crippen molar-refractivity contribution in [3.8, 4) is 0 Å². The van der Waals surface area contributed by atoms with Gasteiger partial charge in [0.1, 0.15) is 0 Å². The Morgan fingerprint density at radius 2 is 0.812 bits per heavy atom. The molecular formula is C24H52Cl2Si5Ti. The van der Waals surface area contributed by atoms with Crippen molar-refractivity contribution in [1.29, 1.82) is 0 Å². The van der Waals surface area contributed by atoms with Gasteiger partial charge < -0.3 is 0 Å². The second-order valence-electron chi connectivity index (χ2n) is 15.2. The molecule has 0 amide bonds. The van der Waals surface area contributed by atoms with E-state index >= 15 is 0 Å². The molecule has 186 valence electrons. The van der Waals surface area contributed by atoms with Crippen LogP contribution in [0.25, 0.3) is 0 Å². The fourth-order valence-corrected chi connectivity index (χ4v) is 28.5. The Bertz CT molecular complexity index is 878. The summed E-state index contributed by atoms with van der Waals surface area (Å²) in [5.74, 6) is 0. The molecule has 0 unspecified atom stereocenters. The van der Waals surface area contributed by atoms with E-state index in [0.29, 0.717) is 0 Å². The number of rotatable bonds is 6. The summed E-state index contributed by atoms with van der Waals surface area (Å²) >= 11 is -3.00. The van der Waals surface area contributed by atoms with Crippen molar-refractivity contribution in [1.82, 2.24) is 0 Å². The first-order valence-corrected chi connectivity index (χ1v) is 34.6. The van der Waals surface area contributed by atoms with Gasteiger partial charge in [-0.2, -0.15) is 0 Å². The number of allylic oxidation sites excluding steroid dienone is 8. The van der Waals surface area contributed by atoms with Gasteiger partial charge in [0.25, 0.3) is 0 Å². The van der Waals surface area contributed by atoms with Gasteiger partial charge in [-0.1, -0.05) is 0 Å². The van der Waals surface area contributed by atoms with Crippen LogP contribution in [-0.4, -0.2) is 39.9 Å². The number of hydrogen-bond acceptors (Lipinski definition) is 0. The van der Waals surface area contributed by atoms with Crippen molar-refractivity contribution >= 4 is 64.7 Å². The van der Waals surface area contributed by atoms with E-state index in [0.717, 1.165) is 0 Å². The summed E-state index contributed by atoms with van der Waals surface area (Å²) in [6, 6.07) is 0. The van der Waals surface area contributed by atoms with Gasteiger partial charge in [-0.05, 0) is 0 Å². The molecule has 0 radical (unpaired) electrons. The van der Waals surface area contributed by atoms with Gasteiger partial charge in [0, 0.05) is 0 Å². The Kier molecular flexibility index (Phi) is 10.1. The van der Waals surface area contributed by atoms with Crippen molar-refractivity contribution in [3.05, 3.63) is 40.7 Å². The van der Waals surface area contributed by atoms with Gasteiger partial charge in [-0.15, -0.1) is 24.8 Å². The third kappa shape index (κ3) is 6.76. The summed E-state index contributed by atoms with van der Waals surface area (Å²) in [6.45, 7) is 30.9. The standard InChI is InChI=1S/2C11H21Si2.2CH3.2ClH.H2Si.Ti/c2*1-12(2,3)10-7-8-11(9-10)13(4,5)6;;;;;;/h2*9H,7H2,1-6H3;2*1H3;2*1H;1H2;. The average Bonchev–Trinajstić information content (AvgIpc) is 3.11. The Morgan fingerprint density at radius 1 is 0.562 bits per heavy atom. The molecule has 0 bridgehead atoms. The minimum Gasteiger partial charge on any atom is -0.147 e. The fraction of sp³-hybridized carbons (Fsp3) is 0.667. The normalized spacial score (nSPS) is 19.0. The third-order valence-corrected chi connectivity index (χ3v) is 27.9. The Labute approximate surface area is 219 Å². The molecule has 0 N–H and O–H groups in total. The van der Waals surface area contributed by atoms with Crippen LogP contribution >= 0.6 is 24.8 Å². The van der Waals surface area contributed by atoms with E-state index in [1.54, 1.807) is 0 Å². The molecule has 0 saturated heterocycles. The third-order valence-electron chi connectivity index (χ3n) is 7.50. The van der Waals surface area contributed by atoms with Crippen LogP contribution in [0.5, 0.6) is 0 Å². The van der Waals surface area contributed by atoms with Crippen LogP contribution in [-0.2, 0) is 14.0 Å². The first-order valence-electron chi connectivity index (χ1n) is 11.9. The molecule has 0 nitrogen and oxygen atoms in total. The van der Waals surface area contributed by atoms with E-state index in [2.05, 4.69) is 109 Å². The molecule has 0 heterocycles. The molecule has 32 heavy (non-hydrogen) atoms. The Morgan fingerprint density at radius 3 is 1.00 bits per heavy atom. The van der Waals surface area contributed by atoms with Gasteiger partial charge in [-0.25, -0.2) is 0 Å². The summed E-state index contributed by atoms with van der Waals surface area (Å²) in [6.07, 6.45) is 8.11. The van der Waals surface area contributed by atoms with Crippen LogP contribution in [0.15, 0.2) is 40.7 Å². The van der Waals surface area contributed by atoms with E-state index in [1.165, 1.54) is 12.8 Å². The summed E-state index contributed by atoms with van der Waals surface area (Å²) in [5, 5.41) is 12.9. The smallest absolute Gasteiger partial charge is 0.147 e. The summed E-state index contributed by atoms with van der Waals surface area (Å²) in [7, 11) is -2.80. The molecule has 0 aromatic carbocycles. The molecule has 0 aromatic heterocycles. The van der Waals surface area contributed by atoms with Crippen molar-refractivity contribution in [2.75, 3.05) is 0 Å².